The highest BCUT2D eigenvalue weighted by Gasteiger charge is 2.26. The number of aryl methyl sites for hydroxylation is 1. The van der Waals surface area contributed by atoms with Gasteiger partial charge >= 0.3 is 5.69 Å². The summed E-state index contributed by atoms with van der Waals surface area (Å²) in [4.78, 5) is 29.9. The third-order valence-corrected chi connectivity index (χ3v) is 4.11. The second-order valence-electron chi connectivity index (χ2n) is 6.78. The maximum absolute atomic E-state index is 12.9. The molecule has 0 unspecified atom stereocenters. The van der Waals surface area contributed by atoms with E-state index in [4.69, 9.17) is 0 Å². The molecule has 0 aromatic carbocycles. The van der Waals surface area contributed by atoms with E-state index >= 15 is 0 Å². The molecule has 24 heavy (non-hydrogen) atoms. The van der Waals surface area contributed by atoms with Gasteiger partial charge in [0.25, 0.3) is 5.56 Å². The predicted octanol–water partition coefficient (Wildman–Crippen LogP) is 1.16. The molecule has 0 saturated carbocycles. The van der Waals surface area contributed by atoms with Gasteiger partial charge in [0.1, 0.15) is 0 Å². The van der Waals surface area contributed by atoms with Crippen LogP contribution in [-0.2, 0) is 20.1 Å². The van der Waals surface area contributed by atoms with E-state index in [2.05, 4.69) is 23.9 Å². The van der Waals surface area contributed by atoms with Crippen LogP contribution in [0.1, 0.15) is 34.1 Å². The molecule has 0 amide bonds. The Morgan fingerprint density at radius 1 is 1.25 bits per heavy atom. The quantitative estimate of drug-likeness (QED) is 0.842. The zero-order valence-electron chi connectivity index (χ0n) is 14.9. The summed E-state index contributed by atoms with van der Waals surface area (Å²) < 4.78 is 4.64. The van der Waals surface area contributed by atoms with Crippen LogP contribution < -0.4 is 16.3 Å². The lowest BCUT2D eigenvalue weighted by Crippen LogP contribution is -2.40. The van der Waals surface area contributed by atoms with Crippen molar-refractivity contribution in [2.75, 3.05) is 11.6 Å². The number of aromatic nitrogens is 4. The number of fused-ring (bicyclic) bond motifs is 3. The van der Waals surface area contributed by atoms with Gasteiger partial charge in [-0.2, -0.15) is 10.1 Å². The molecule has 130 valence electrons. The van der Waals surface area contributed by atoms with Crippen LogP contribution in [0.2, 0.25) is 0 Å². The van der Waals surface area contributed by atoms with Crippen molar-refractivity contribution in [1.29, 1.82) is 0 Å². The van der Waals surface area contributed by atoms with Gasteiger partial charge in [-0.1, -0.05) is 20.8 Å². The normalized spacial score (nSPS) is 14.4. The highest BCUT2D eigenvalue weighted by atomic mass is 16.2. The average Bonchev–Trinajstić information content (AvgIpc) is 2.88. The number of nitrogens with zero attached hydrogens (tertiary/aromatic N) is 6. The molecule has 8 heteroatoms. The monoisotopic (exact) mass is 332 g/mol. The standard InChI is InChI=1S/C16H24N6O2/c1-6-7-20-14(23)12-13(19(5)16(20)24)17-15-21(12)9-11(4)18-22(15)8-10(2)3/h10H,6-9H2,1-5H3. The molecule has 1 aliphatic rings. The Morgan fingerprint density at radius 2 is 1.96 bits per heavy atom. The van der Waals surface area contributed by atoms with Crippen LogP contribution in [0, 0.1) is 5.92 Å². The van der Waals surface area contributed by atoms with Crippen molar-refractivity contribution in [3.63, 3.8) is 0 Å². The van der Waals surface area contributed by atoms with Crippen molar-refractivity contribution >= 4 is 22.8 Å². The van der Waals surface area contributed by atoms with E-state index in [0.717, 1.165) is 12.1 Å². The summed E-state index contributed by atoms with van der Waals surface area (Å²) in [7, 11) is 1.66. The first-order valence-corrected chi connectivity index (χ1v) is 8.36. The van der Waals surface area contributed by atoms with E-state index in [1.165, 1.54) is 9.13 Å². The van der Waals surface area contributed by atoms with Crippen molar-refractivity contribution in [1.82, 2.24) is 18.7 Å². The SMILES string of the molecule is CCCn1c(=O)c2c(nc3n2CC(C)=NN3CC(C)C)n(C)c1=O. The third kappa shape index (κ3) is 2.46. The van der Waals surface area contributed by atoms with Crippen molar-refractivity contribution < 1.29 is 0 Å². The minimum Gasteiger partial charge on any atom is -0.297 e. The molecule has 0 fully saturated rings. The summed E-state index contributed by atoms with van der Waals surface area (Å²) in [5, 5.41) is 6.40. The van der Waals surface area contributed by atoms with Crippen LogP contribution in [0.5, 0.6) is 0 Å². The van der Waals surface area contributed by atoms with Crippen LogP contribution in [0.3, 0.4) is 0 Å². The molecule has 0 saturated heterocycles. The van der Waals surface area contributed by atoms with Crippen LogP contribution in [-0.4, -0.2) is 30.9 Å². The van der Waals surface area contributed by atoms with Gasteiger partial charge in [0.15, 0.2) is 11.2 Å². The Bertz CT molecular complexity index is 931. The Kier molecular flexibility index (Phi) is 4.06. The molecule has 8 nitrogen and oxygen atoms in total. The van der Waals surface area contributed by atoms with Gasteiger partial charge in [-0.05, 0) is 19.3 Å². The zero-order chi connectivity index (χ0) is 17.6. The summed E-state index contributed by atoms with van der Waals surface area (Å²) in [6, 6.07) is 0. The van der Waals surface area contributed by atoms with Crippen LogP contribution >= 0.6 is 0 Å². The molecule has 0 aliphatic carbocycles. The van der Waals surface area contributed by atoms with Gasteiger partial charge < -0.3 is 0 Å². The number of hydrogen-bond acceptors (Lipinski definition) is 5. The van der Waals surface area contributed by atoms with E-state index < -0.39 is 0 Å². The Balaban J connectivity index is 2.32. The molecule has 2 aromatic rings. The Hall–Kier alpha value is -2.38. The van der Waals surface area contributed by atoms with Crippen molar-refractivity contribution in [2.24, 2.45) is 18.1 Å². The fourth-order valence-electron chi connectivity index (χ4n) is 3.11. The molecular weight excluding hydrogens is 308 g/mol. The van der Waals surface area contributed by atoms with Crippen LogP contribution in [0.25, 0.3) is 11.2 Å². The Labute approximate surface area is 140 Å². The minimum absolute atomic E-state index is 0.270. The maximum Gasteiger partial charge on any atom is 0.332 e. The van der Waals surface area contributed by atoms with Crippen molar-refractivity contribution in [2.45, 2.75) is 47.2 Å². The largest absolute Gasteiger partial charge is 0.332 e. The van der Waals surface area contributed by atoms with Gasteiger partial charge in [-0.25, -0.2) is 9.80 Å². The summed E-state index contributed by atoms with van der Waals surface area (Å²) >= 11 is 0. The second kappa shape index (κ2) is 5.92. The molecule has 0 spiro atoms. The molecule has 0 bridgehead atoms. The van der Waals surface area contributed by atoms with Gasteiger partial charge in [0.2, 0.25) is 5.95 Å². The summed E-state index contributed by atoms with van der Waals surface area (Å²) in [5.74, 6) is 1.03. The number of anilines is 1. The van der Waals surface area contributed by atoms with Gasteiger partial charge in [0.05, 0.1) is 12.3 Å². The first-order valence-electron chi connectivity index (χ1n) is 8.36. The first-order chi connectivity index (χ1) is 11.3. The lowest BCUT2D eigenvalue weighted by molar-refractivity contribution is 0.587. The fraction of sp³-hybridized carbons (Fsp3) is 0.625. The number of hydrogen-bond donors (Lipinski definition) is 0. The minimum atomic E-state index is -0.321. The number of imidazole rings is 1. The van der Waals surface area contributed by atoms with E-state index in [9.17, 15) is 9.59 Å². The van der Waals surface area contributed by atoms with Crippen LogP contribution in [0.15, 0.2) is 14.7 Å². The van der Waals surface area contributed by atoms with Gasteiger partial charge in [0, 0.05) is 20.1 Å². The lowest BCUT2D eigenvalue weighted by atomic mass is 10.2. The molecule has 0 N–H and O–H groups in total. The summed E-state index contributed by atoms with van der Waals surface area (Å²) in [6.45, 7) is 9.73. The molecule has 0 radical (unpaired) electrons. The zero-order valence-corrected chi connectivity index (χ0v) is 14.9. The summed E-state index contributed by atoms with van der Waals surface area (Å²) in [6.07, 6.45) is 0.724. The Morgan fingerprint density at radius 3 is 2.58 bits per heavy atom. The van der Waals surface area contributed by atoms with Crippen molar-refractivity contribution in [3.05, 3.63) is 20.8 Å². The summed E-state index contributed by atoms with van der Waals surface area (Å²) in [5.41, 5.74) is 1.22. The molecule has 1 aliphatic heterocycles. The van der Waals surface area contributed by atoms with E-state index in [1.54, 1.807) is 7.05 Å². The highest BCUT2D eigenvalue weighted by molar-refractivity contribution is 5.87. The van der Waals surface area contributed by atoms with E-state index in [0.29, 0.717) is 42.7 Å². The third-order valence-electron chi connectivity index (χ3n) is 4.11. The molecule has 3 rings (SSSR count). The lowest BCUT2D eigenvalue weighted by Gasteiger charge is -2.26. The fourth-order valence-corrected chi connectivity index (χ4v) is 3.11. The van der Waals surface area contributed by atoms with Crippen molar-refractivity contribution in [3.8, 4) is 0 Å². The first kappa shape index (κ1) is 16.5. The molecular formula is C16H24N6O2. The topological polar surface area (TPSA) is 77.4 Å². The van der Waals surface area contributed by atoms with E-state index in [-0.39, 0.29) is 11.2 Å². The smallest absolute Gasteiger partial charge is 0.297 e. The van der Waals surface area contributed by atoms with Crippen LogP contribution in [0.4, 0.5) is 5.95 Å². The molecule has 2 aromatic heterocycles. The highest BCUT2D eigenvalue weighted by Crippen LogP contribution is 2.24. The van der Waals surface area contributed by atoms with Gasteiger partial charge in [-0.15, -0.1) is 0 Å². The second-order valence-corrected chi connectivity index (χ2v) is 6.78. The molecule has 3 heterocycles. The maximum atomic E-state index is 12.9. The average molecular weight is 332 g/mol. The predicted molar refractivity (Wildman–Crippen MR) is 94.8 cm³/mol. The number of hydrazone groups is 1. The molecule has 0 atom stereocenters. The van der Waals surface area contributed by atoms with Gasteiger partial charge in [-0.3, -0.25) is 18.5 Å². The van der Waals surface area contributed by atoms with E-state index in [1.807, 2.05) is 23.4 Å². The number of rotatable bonds is 4.